The maximum Gasteiger partial charge on any atom is 0.163 e. The van der Waals surface area contributed by atoms with Gasteiger partial charge >= 0.3 is 0 Å². The Morgan fingerprint density at radius 2 is 1.25 bits per heavy atom. The molecule has 4 N–H and O–H groups in total. The number of hydrogen-bond acceptors (Lipinski definition) is 3. The highest BCUT2D eigenvalue weighted by atomic mass is 16.5. The summed E-state index contributed by atoms with van der Waals surface area (Å²) in [6, 6.07) is 4.87. The fourth-order valence-corrected chi connectivity index (χ4v) is 1.14. The van der Waals surface area contributed by atoms with E-state index in [0.717, 1.165) is 0 Å². The van der Waals surface area contributed by atoms with Crippen LogP contribution in [0.1, 0.15) is 31.2 Å². The van der Waals surface area contributed by atoms with Gasteiger partial charge < -0.3 is 16.2 Å². The molecule has 144 valence electrons. The summed E-state index contributed by atoms with van der Waals surface area (Å²) in [4.78, 5) is 0. The highest BCUT2D eigenvalue weighted by Crippen LogP contribution is 2.22. The largest absolute Gasteiger partial charge is 0.404 e. The lowest BCUT2D eigenvalue weighted by Gasteiger charge is -2.01. The van der Waals surface area contributed by atoms with Crippen LogP contribution in [-0.4, -0.2) is 0 Å². The Labute approximate surface area is 167 Å². The van der Waals surface area contributed by atoms with E-state index >= 15 is 0 Å². The van der Waals surface area contributed by atoms with E-state index in [-0.39, 0.29) is 24.3 Å². The van der Waals surface area contributed by atoms with Crippen LogP contribution in [-0.2, 0) is 0 Å². The van der Waals surface area contributed by atoms with Crippen LogP contribution in [0.5, 0.6) is 5.75 Å². The third-order valence-electron chi connectivity index (χ3n) is 2.06. The lowest BCUT2D eigenvalue weighted by molar-refractivity contribution is 0.523. The highest BCUT2D eigenvalue weighted by molar-refractivity contribution is 5.61. The van der Waals surface area contributed by atoms with Gasteiger partial charge in [-0.3, -0.25) is 0 Å². The summed E-state index contributed by atoms with van der Waals surface area (Å²) >= 11 is 0. The zero-order valence-electron chi connectivity index (χ0n) is 12.8. The van der Waals surface area contributed by atoms with Gasteiger partial charge in [-0.1, -0.05) is 5.92 Å². The second kappa shape index (κ2) is 11.2. The van der Waals surface area contributed by atoms with Crippen molar-refractivity contribution in [3.63, 3.8) is 0 Å². The monoisotopic (exact) mass is 340 g/mol. The maximum atomic E-state index is 5.70. The van der Waals surface area contributed by atoms with Gasteiger partial charge in [0.1, 0.15) is 6.11 Å². The third-order valence-corrected chi connectivity index (χ3v) is 2.06. The fraction of sp³-hybridized carbons (Fsp3) is 0.0476. The zero-order chi connectivity index (χ0) is 17.5. The molecule has 0 aromatic heterocycles. The first-order valence-electron chi connectivity index (χ1n) is 6.47. The van der Waals surface area contributed by atoms with Crippen molar-refractivity contribution in [3.8, 4) is 88.8 Å². The molecule has 0 aliphatic carbocycles. The Kier molecular flexibility index (Phi) is 8.23. The van der Waals surface area contributed by atoms with Crippen molar-refractivity contribution in [1.82, 2.24) is 0 Å². The van der Waals surface area contributed by atoms with Gasteiger partial charge in [-0.2, -0.15) is 0 Å². The Bertz CT molecular complexity index is 1090. The van der Waals surface area contributed by atoms with E-state index in [2.05, 4.69) is 83.1 Å². The number of rotatable bonds is 1. The second-order valence-electron chi connectivity index (χ2n) is 3.75. The van der Waals surface area contributed by atoms with Crippen LogP contribution in [0.25, 0.3) is 0 Å². The molecule has 0 atom stereocenters. The number of benzene rings is 1. The van der Waals surface area contributed by atoms with Gasteiger partial charge in [-0.15, -0.1) is 0 Å². The molecule has 0 unspecified atom stereocenters. The number of hydrogen-bond donors (Lipinski definition) is 2. The normalized spacial score (nSPS) is 6.21. The van der Waals surface area contributed by atoms with Gasteiger partial charge in [0.05, 0.1) is 5.69 Å². The summed E-state index contributed by atoms with van der Waals surface area (Å²) in [6.07, 6.45) is 2.40. The van der Waals surface area contributed by atoms with Crippen molar-refractivity contribution in [1.29, 1.82) is 0 Å². The number of ether oxygens (including phenoxy) is 1. The maximum absolute atomic E-state index is 5.70. The lowest BCUT2D eigenvalue weighted by Crippen LogP contribution is -1.93. The summed E-state index contributed by atoms with van der Waals surface area (Å²) in [5.41, 5.74) is 12.2. The summed E-state index contributed by atoms with van der Waals surface area (Å²) < 4.78 is 5.13. The van der Waals surface area contributed by atoms with Crippen LogP contribution < -0.4 is 16.2 Å². The second-order valence-corrected chi connectivity index (χ2v) is 3.75. The summed E-state index contributed by atoms with van der Waals surface area (Å²) in [5.74, 6) is 33.2. The van der Waals surface area contributed by atoms with E-state index in [4.69, 9.17) is 16.2 Å². The van der Waals surface area contributed by atoms with Gasteiger partial charge in [0.2, 0.25) is 0 Å². The van der Waals surface area contributed by atoms with Crippen LogP contribution in [0, 0.1) is 83.1 Å². The molecule has 24 heavy (non-hydrogen) atoms. The molecule has 0 fully saturated rings. The zero-order valence-corrected chi connectivity index (χ0v) is 12.8. The quantitative estimate of drug-likeness (QED) is 0.530. The minimum Gasteiger partial charge on any atom is -0.404 e. The van der Waals surface area contributed by atoms with Crippen LogP contribution >= 0.6 is 0 Å². The van der Waals surface area contributed by atoms with Crippen LogP contribution in [0.15, 0.2) is 18.2 Å². The van der Waals surface area contributed by atoms with E-state index in [1.807, 2.05) is 0 Å². The first kappa shape index (κ1) is 17.6. The predicted octanol–water partition coefficient (Wildman–Crippen LogP) is 5.41. The average molecular weight is 341 g/mol. The molecule has 0 radical (unpaired) electrons. The van der Waals surface area contributed by atoms with E-state index in [1.54, 1.807) is 25.1 Å². The van der Waals surface area contributed by atoms with Crippen LogP contribution in [0.2, 0.25) is 0 Å². The number of nitrogen functional groups attached to an aromatic ring is 2. The minimum atomic E-state index is 0. The van der Waals surface area contributed by atoms with Gasteiger partial charge in [-0.25, -0.2) is 0 Å². The molecule has 0 bridgehead atoms. The summed E-state index contributed by atoms with van der Waals surface area (Å²) in [5, 5.41) is 0. The topological polar surface area (TPSA) is 61.3 Å². The molecule has 0 saturated heterocycles. The van der Waals surface area contributed by atoms with Gasteiger partial charge in [0.15, 0.2) is 5.75 Å². The molecule has 1 aromatic carbocycles. The molecule has 3 heteroatoms. The van der Waals surface area contributed by atoms with Gasteiger partial charge in [0, 0.05) is 65.5 Å². The van der Waals surface area contributed by atoms with Crippen molar-refractivity contribution < 1.29 is 29.0 Å². The van der Waals surface area contributed by atoms with E-state index in [1.165, 1.54) is 0 Å². The van der Waals surface area contributed by atoms with Crippen molar-refractivity contribution in [2.24, 2.45) is 0 Å². The molecule has 0 aliphatic rings. The van der Waals surface area contributed by atoms with Crippen LogP contribution in [0.4, 0.5) is 11.4 Å². The third kappa shape index (κ3) is 7.97. The Morgan fingerprint density at radius 1 is 0.750 bits per heavy atom. The van der Waals surface area contributed by atoms with Crippen LogP contribution in [0.3, 0.4) is 0 Å². The summed E-state index contributed by atoms with van der Waals surface area (Å²) in [7, 11) is 0. The van der Waals surface area contributed by atoms with Crippen molar-refractivity contribution in [2.75, 3.05) is 11.5 Å². The molecule has 0 saturated carbocycles. The molecule has 1 aromatic rings. The highest BCUT2D eigenvalue weighted by Gasteiger charge is 1.98. The molecular weight excluding hydrogens is 296 g/mol. The Balaban J connectivity index is -0.0000000226. The SMILES string of the molecule is CC#CC#CC#CC#CC#CC#CC#COc1ccc(N)cc1N.[HH].[HH].[HH].[HH].[HH].[HH].[HH].[HH].[HH].[HH].[HH].[HH].[HH].[HH].[HH].[HH].[HH]. The molecule has 0 heterocycles. The van der Waals surface area contributed by atoms with Gasteiger partial charge in [0.25, 0.3) is 0 Å². The molecule has 0 amide bonds. The van der Waals surface area contributed by atoms with Crippen molar-refractivity contribution in [2.45, 2.75) is 6.92 Å². The molecule has 0 spiro atoms. The predicted molar refractivity (Wildman–Crippen MR) is 132 cm³/mol. The fourth-order valence-electron chi connectivity index (χ4n) is 1.14. The Hall–Kier alpha value is -4.46. The number of anilines is 2. The number of nitrogens with two attached hydrogens (primary N) is 2. The van der Waals surface area contributed by atoms with E-state index in [9.17, 15) is 0 Å². The molecule has 3 nitrogen and oxygen atoms in total. The molecule has 1 rings (SSSR count). The average Bonchev–Trinajstić information content (AvgIpc) is 2.57. The molecular formula is C21H44N2O. The van der Waals surface area contributed by atoms with Crippen molar-refractivity contribution >= 4 is 11.4 Å². The van der Waals surface area contributed by atoms with E-state index in [0.29, 0.717) is 17.1 Å². The Morgan fingerprint density at radius 3 is 1.75 bits per heavy atom. The van der Waals surface area contributed by atoms with Gasteiger partial charge in [-0.05, 0) is 60.6 Å². The summed E-state index contributed by atoms with van der Waals surface area (Å²) in [6.45, 7) is 1.70. The standard InChI is InChI=1S/C21H10N2O.17H2/c1-2-3-4-5-6-7-8-9-10-11-12-13-14-17-24-21-16-15-19(22)18-20(21)23;;;;;;;;;;;;;;;;;/h15-16,18H,22-23H2,1H3;17*1H. The van der Waals surface area contributed by atoms with E-state index < -0.39 is 0 Å². The van der Waals surface area contributed by atoms with Crippen molar-refractivity contribution in [3.05, 3.63) is 18.2 Å². The lowest BCUT2D eigenvalue weighted by atomic mass is 10.2. The smallest absolute Gasteiger partial charge is 0.163 e. The minimum absolute atomic E-state index is 0. The first-order chi connectivity index (χ1) is 11.7. The first-order valence-corrected chi connectivity index (χ1v) is 6.47. The molecule has 0 aliphatic heterocycles.